The van der Waals surface area contributed by atoms with Gasteiger partial charge in [-0.25, -0.2) is 4.98 Å². The van der Waals surface area contributed by atoms with E-state index in [9.17, 15) is 0 Å². The van der Waals surface area contributed by atoms with Crippen LogP contribution in [0.2, 0.25) is 0 Å². The summed E-state index contributed by atoms with van der Waals surface area (Å²) in [5.41, 5.74) is 0.975. The number of nitrogens with zero attached hydrogens (tertiary/aromatic N) is 1. The second-order valence-electron chi connectivity index (χ2n) is 4.98. The number of aryl methyl sites for hydroxylation is 1. The number of oxazole rings is 1. The molecule has 1 aromatic heterocycles. The highest BCUT2D eigenvalue weighted by molar-refractivity contribution is 6.16. The van der Waals surface area contributed by atoms with Crippen molar-refractivity contribution in [3.05, 3.63) is 17.3 Å². The molecule has 1 heterocycles. The molecule has 2 saturated carbocycles. The van der Waals surface area contributed by atoms with Gasteiger partial charge in [-0.2, -0.15) is 0 Å². The third kappa shape index (κ3) is 1.50. The summed E-state index contributed by atoms with van der Waals surface area (Å²) in [4.78, 5) is 4.53. The largest absolute Gasteiger partial charge is 0.444 e. The highest BCUT2D eigenvalue weighted by atomic mass is 35.5. The molecule has 0 N–H and O–H groups in total. The monoisotopic (exact) mass is 225 g/mol. The molecule has 3 unspecified atom stereocenters. The summed E-state index contributed by atoms with van der Waals surface area (Å²) in [6.07, 6.45) is 5.46. The smallest absolute Gasteiger partial charge is 0.198 e. The van der Waals surface area contributed by atoms with E-state index < -0.39 is 0 Å². The number of hydrogen-bond acceptors (Lipinski definition) is 2. The second-order valence-corrected chi connectivity index (χ2v) is 5.24. The molecule has 0 aromatic carbocycles. The first-order valence-electron chi connectivity index (χ1n) is 5.80. The molecule has 1 aromatic rings. The number of halogens is 1. The van der Waals surface area contributed by atoms with Gasteiger partial charge < -0.3 is 4.42 Å². The minimum absolute atomic E-state index is 0.444. The summed E-state index contributed by atoms with van der Waals surface area (Å²) in [5, 5.41) is 0. The lowest BCUT2D eigenvalue weighted by atomic mass is 9.89. The highest BCUT2D eigenvalue weighted by Crippen LogP contribution is 2.52. The normalized spacial score (nSPS) is 33.9. The summed E-state index contributed by atoms with van der Waals surface area (Å²) < 4.78 is 5.76. The van der Waals surface area contributed by atoms with Crippen LogP contribution in [0.4, 0.5) is 0 Å². The number of hydrogen-bond donors (Lipinski definition) is 0. The molecule has 0 radical (unpaired) electrons. The van der Waals surface area contributed by atoms with E-state index in [-0.39, 0.29) is 0 Å². The number of aromatic nitrogens is 1. The number of fused-ring (bicyclic) bond motifs is 2. The van der Waals surface area contributed by atoms with E-state index >= 15 is 0 Å². The molecular weight excluding hydrogens is 210 g/mol. The van der Waals surface area contributed by atoms with Gasteiger partial charge in [0, 0.05) is 5.92 Å². The van der Waals surface area contributed by atoms with Crippen LogP contribution < -0.4 is 0 Å². The Labute approximate surface area is 95.0 Å². The third-order valence-corrected chi connectivity index (χ3v) is 4.33. The summed E-state index contributed by atoms with van der Waals surface area (Å²) in [6, 6.07) is 0. The van der Waals surface area contributed by atoms with Crippen molar-refractivity contribution < 1.29 is 4.42 Å². The van der Waals surface area contributed by atoms with Crippen molar-refractivity contribution in [3.63, 3.8) is 0 Å². The Bertz CT molecular complexity index is 374. The first-order valence-corrected chi connectivity index (χ1v) is 6.33. The van der Waals surface area contributed by atoms with Crippen molar-refractivity contribution in [2.75, 3.05) is 0 Å². The van der Waals surface area contributed by atoms with Crippen LogP contribution >= 0.6 is 11.6 Å². The van der Waals surface area contributed by atoms with Crippen molar-refractivity contribution >= 4 is 11.6 Å². The van der Waals surface area contributed by atoms with Crippen LogP contribution in [0, 0.1) is 18.8 Å². The summed E-state index contributed by atoms with van der Waals surface area (Å²) >= 11 is 5.80. The SMILES string of the molecule is Cc1nc(C2CC3CCC2C3)oc1CCl. The van der Waals surface area contributed by atoms with Crippen LogP contribution in [-0.4, -0.2) is 4.98 Å². The first kappa shape index (κ1) is 9.71. The first-order chi connectivity index (χ1) is 7.28. The molecule has 2 nitrogen and oxygen atoms in total. The van der Waals surface area contributed by atoms with E-state index in [1.807, 2.05) is 6.92 Å². The molecule has 15 heavy (non-hydrogen) atoms. The summed E-state index contributed by atoms with van der Waals surface area (Å²) in [5.74, 6) is 4.60. The minimum Gasteiger partial charge on any atom is -0.444 e. The standard InChI is InChI=1S/C12H16ClNO/c1-7-11(6-13)15-12(14-7)10-5-8-2-3-9(10)4-8/h8-10H,2-6H2,1H3. The zero-order valence-electron chi connectivity index (χ0n) is 9.00. The number of alkyl halides is 1. The average molecular weight is 226 g/mol. The maximum atomic E-state index is 5.80. The highest BCUT2D eigenvalue weighted by Gasteiger charge is 2.42. The third-order valence-electron chi connectivity index (χ3n) is 4.09. The molecule has 0 spiro atoms. The van der Waals surface area contributed by atoms with Gasteiger partial charge in [-0.1, -0.05) is 6.42 Å². The van der Waals surface area contributed by atoms with Gasteiger partial charge in [0.2, 0.25) is 0 Å². The van der Waals surface area contributed by atoms with Crippen LogP contribution in [0.3, 0.4) is 0 Å². The lowest BCUT2D eigenvalue weighted by Crippen LogP contribution is -2.08. The van der Waals surface area contributed by atoms with E-state index in [1.165, 1.54) is 25.7 Å². The maximum absolute atomic E-state index is 5.80. The molecule has 3 heteroatoms. The van der Waals surface area contributed by atoms with Crippen molar-refractivity contribution in [2.24, 2.45) is 11.8 Å². The summed E-state index contributed by atoms with van der Waals surface area (Å²) in [6.45, 7) is 1.98. The molecule has 2 bridgehead atoms. The molecule has 3 atom stereocenters. The van der Waals surface area contributed by atoms with Crippen LogP contribution in [0.25, 0.3) is 0 Å². The fourth-order valence-corrected chi connectivity index (χ4v) is 3.53. The van der Waals surface area contributed by atoms with E-state index in [1.54, 1.807) is 0 Å². The minimum atomic E-state index is 0.444. The van der Waals surface area contributed by atoms with Gasteiger partial charge in [0.25, 0.3) is 0 Å². The molecule has 82 valence electrons. The lowest BCUT2D eigenvalue weighted by Gasteiger charge is -2.17. The predicted molar refractivity (Wildman–Crippen MR) is 59.0 cm³/mol. The molecular formula is C12H16ClNO. The molecule has 2 fully saturated rings. The van der Waals surface area contributed by atoms with Crippen molar-refractivity contribution in [2.45, 2.75) is 44.4 Å². The maximum Gasteiger partial charge on any atom is 0.198 e. The van der Waals surface area contributed by atoms with Gasteiger partial charge in [0.05, 0.1) is 11.6 Å². The molecule has 0 saturated heterocycles. The second kappa shape index (κ2) is 3.51. The zero-order valence-corrected chi connectivity index (χ0v) is 9.76. The van der Waals surface area contributed by atoms with Crippen LogP contribution in [0.15, 0.2) is 4.42 Å². The van der Waals surface area contributed by atoms with Crippen LogP contribution in [0.5, 0.6) is 0 Å². The predicted octanol–water partition coefficient (Wildman–Crippen LogP) is 3.63. The Morgan fingerprint density at radius 1 is 1.40 bits per heavy atom. The Morgan fingerprint density at radius 3 is 2.80 bits per heavy atom. The van der Waals surface area contributed by atoms with E-state index in [0.29, 0.717) is 11.8 Å². The average Bonchev–Trinajstić information content (AvgIpc) is 2.90. The van der Waals surface area contributed by atoms with Crippen LogP contribution in [-0.2, 0) is 5.88 Å². The van der Waals surface area contributed by atoms with E-state index in [0.717, 1.165) is 29.2 Å². The molecule has 3 rings (SSSR count). The van der Waals surface area contributed by atoms with Gasteiger partial charge in [0.15, 0.2) is 5.89 Å². The fourth-order valence-electron chi connectivity index (χ4n) is 3.28. The van der Waals surface area contributed by atoms with Crippen molar-refractivity contribution in [1.29, 1.82) is 0 Å². The van der Waals surface area contributed by atoms with Crippen LogP contribution in [0.1, 0.15) is 48.9 Å². The van der Waals surface area contributed by atoms with Gasteiger partial charge in [-0.15, -0.1) is 11.6 Å². The van der Waals surface area contributed by atoms with E-state index in [2.05, 4.69) is 4.98 Å². The number of rotatable bonds is 2. The Balaban J connectivity index is 1.87. The van der Waals surface area contributed by atoms with Gasteiger partial charge in [0.1, 0.15) is 5.76 Å². The quantitative estimate of drug-likeness (QED) is 0.719. The van der Waals surface area contributed by atoms with E-state index in [4.69, 9.17) is 16.0 Å². The van der Waals surface area contributed by atoms with Crippen molar-refractivity contribution in [3.8, 4) is 0 Å². The Hall–Kier alpha value is -0.500. The van der Waals surface area contributed by atoms with Gasteiger partial charge in [-0.05, 0) is 38.0 Å². The topological polar surface area (TPSA) is 26.0 Å². The summed E-state index contributed by atoms with van der Waals surface area (Å²) in [7, 11) is 0. The fraction of sp³-hybridized carbons (Fsp3) is 0.750. The lowest BCUT2D eigenvalue weighted by molar-refractivity contribution is 0.339. The molecule has 2 aliphatic carbocycles. The van der Waals surface area contributed by atoms with Gasteiger partial charge in [-0.3, -0.25) is 0 Å². The molecule has 0 amide bonds. The van der Waals surface area contributed by atoms with Gasteiger partial charge >= 0.3 is 0 Å². The zero-order chi connectivity index (χ0) is 10.4. The van der Waals surface area contributed by atoms with Crippen molar-refractivity contribution in [1.82, 2.24) is 4.98 Å². The molecule has 2 aliphatic rings. The molecule has 0 aliphatic heterocycles. The Kier molecular flexibility index (Phi) is 2.27. The Morgan fingerprint density at radius 2 is 2.27 bits per heavy atom.